The van der Waals surface area contributed by atoms with Crippen LogP contribution in [0.5, 0.6) is 0 Å². The Morgan fingerprint density at radius 2 is 1.60 bits per heavy atom. The van der Waals surface area contributed by atoms with Crippen LogP contribution in [0.25, 0.3) is 17.2 Å². The van der Waals surface area contributed by atoms with E-state index < -0.39 is 0 Å². The molecule has 0 spiro atoms. The van der Waals surface area contributed by atoms with Crippen molar-refractivity contribution in [3.63, 3.8) is 0 Å². The number of nitrogens with two attached hydrogens (primary N) is 1. The van der Waals surface area contributed by atoms with Crippen molar-refractivity contribution in [2.24, 2.45) is 10.7 Å². The lowest BCUT2D eigenvalue weighted by molar-refractivity contribution is -0.127. The Morgan fingerprint density at radius 3 is 2.26 bits per heavy atom. The molecule has 2 heterocycles. The van der Waals surface area contributed by atoms with E-state index in [0.29, 0.717) is 17.8 Å². The zero-order chi connectivity index (χ0) is 24.8. The fourth-order valence-corrected chi connectivity index (χ4v) is 4.85. The van der Waals surface area contributed by atoms with Crippen molar-refractivity contribution >= 4 is 29.4 Å². The highest BCUT2D eigenvalue weighted by molar-refractivity contribution is 6.05. The Balaban J connectivity index is 1.57. The monoisotopic (exact) mass is 472 g/mol. The molecule has 0 aromatic heterocycles. The van der Waals surface area contributed by atoms with Crippen LogP contribution in [-0.4, -0.2) is 53.6 Å². The van der Waals surface area contributed by atoms with Crippen molar-refractivity contribution in [2.45, 2.75) is 52.4 Å². The molecule has 2 aliphatic rings. The first-order chi connectivity index (χ1) is 17.0. The fraction of sp³-hybridized carbons (Fsp3) is 0.414. The lowest BCUT2D eigenvalue weighted by Crippen LogP contribution is -2.35. The Morgan fingerprint density at radius 1 is 0.943 bits per heavy atom. The van der Waals surface area contributed by atoms with Gasteiger partial charge in [-0.1, -0.05) is 38.1 Å². The second kappa shape index (κ2) is 11.3. The number of rotatable bonds is 7. The quantitative estimate of drug-likeness (QED) is 0.586. The van der Waals surface area contributed by atoms with E-state index in [0.717, 1.165) is 79.8 Å². The number of nitrogens with zero attached hydrogens (tertiary/aromatic N) is 3. The van der Waals surface area contributed by atoms with Crippen LogP contribution in [0.4, 0.5) is 5.69 Å². The third kappa shape index (κ3) is 5.81. The summed E-state index contributed by atoms with van der Waals surface area (Å²) in [6.07, 6.45) is 7.49. The van der Waals surface area contributed by atoms with Gasteiger partial charge in [-0.2, -0.15) is 0 Å². The molecule has 2 amide bonds. The molecule has 6 nitrogen and oxygen atoms in total. The summed E-state index contributed by atoms with van der Waals surface area (Å²) in [4.78, 5) is 34.5. The van der Waals surface area contributed by atoms with E-state index in [1.54, 1.807) is 0 Å². The highest BCUT2D eigenvalue weighted by atomic mass is 16.2. The maximum atomic E-state index is 13.2. The molecule has 4 rings (SSSR count). The summed E-state index contributed by atoms with van der Waals surface area (Å²) in [6, 6.07) is 13.8. The van der Waals surface area contributed by atoms with Crippen molar-refractivity contribution in [3.05, 3.63) is 59.2 Å². The minimum absolute atomic E-state index is 0.0396. The number of carbonyl (C=O) groups excluding carboxylic acids is 2. The van der Waals surface area contributed by atoms with E-state index in [-0.39, 0.29) is 11.8 Å². The number of fused-ring (bicyclic) bond motifs is 1. The van der Waals surface area contributed by atoms with E-state index in [4.69, 9.17) is 5.73 Å². The number of hydrogen-bond donors (Lipinski definition) is 1. The standard InChI is InChI=1S/C29H36N4O2/c1-3-14-32(15-4-2)29(35)25-18-24-13-12-23(19-26(24)31-27(30)20-25)21-8-10-22(11-9-21)28(34)33-16-6-5-7-17-33/h8-13,18-19H,3-7,14-17,20H2,1-2H3,(H2,30,31). The first kappa shape index (κ1) is 24.7. The number of aliphatic imine (C=N–C) groups is 1. The van der Waals surface area contributed by atoms with E-state index in [1.807, 2.05) is 58.3 Å². The average molecular weight is 473 g/mol. The third-order valence-electron chi connectivity index (χ3n) is 6.65. The number of amides is 2. The maximum Gasteiger partial charge on any atom is 0.253 e. The van der Waals surface area contributed by atoms with Crippen LogP contribution in [-0.2, 0) is 4.79 Å². The van der Waals surface area contributed by atoms with Gasteiger partial charge >= 0.3 is 0 Å². The van der Waals surface area contributed by atoms with Crippen LogP contribution in [0, 0.1) is 0 Å². The number of benzene rings is 2. The van der Waals surface area contributed by atoms with E-state index in [2.05, 4.69) is 18.8 Å². The fourth-order valence-electron chi connectivity index (χ4n) is 4.85. The Hall–Kier alpha value is -3.41. The van der Waals surface area contributed by atoms with Gasteiger partial charge in [0.15, 0.2) is 0 Å². The lowest BCUT2D eigenvalue weighted by atomic mass is 9.99. The molecule has 184 valence electrons. The number of carbonyl (C=O) groups is 2. The largest absolute Gasteiger partial charge is 0.387 e. The average Bonchev–Trinajstić information content (AvgIpc) is 3.05. The Bertz CT molecular complexity index is 1120. The van der Waals surface area contributed by atoms with Crippen LogP contribution < -0.4 is 5.73 Å². The number of hydrogen-bond acceptors (Lipinski definition) is 4. The summed E-state index contributed by atoms with van der Waals surface area (Å²) < 4.78 is 0. The summed E-state index contributed by atoms with van der Waals surface area (Å²) in [5.41, 5.74) is 11.3. The molecule has 35 heavy (non-hydrogen) atoms. The van der Waals surface area contributed by atoms with Gasteiger partial charge in [0.2, 0.25) is 5.91 Å². The first-order valence-corrected chi connectivity index (χ1v) is 12.9. The van der Waals surface area contributed by atoms with Crippen molar-refractivity contribution < 1.29 is 9.59 Å². The molecule has 2 N–H and O–H groups in total. The predicted molar refractivity (Wildman–Crippen MR) is 143 cm³/mol. The zero-order valence-electron chi connectivity index (χ0n) is 20.9. The third-order valence-corrected chi connectivity index (χ3v) is 6.65. The van der Waals surface area contributed by atoms with Gasteiger partial charge in [-0.05, 0) is 67.5 Å². The first-order valence-electron chi connectivity index (χ1n) is 12.9. The summed E-state index contributed by atoms with van der Waals surface area (Å²) in [7, 11) is 0. The van der Waals surface area contributed by atoms with E-state index in [1.165, 1.54) is 6.42 Å². The SMILES string of the molecule is CCCN(CCC)C(=O)C1=Cc2ccc(-c3ccc(C(=O)N4CCCCC4)cc3)cc2N=C(N)C1. The summed E-state index contributed by atoms with van der Waals surface area (Å²) in [6.45, 7) is 7.33. The van der Waals surface area contributed by atoms with Crippen molar-refractivity contribution in [3.8, 4) is 11.1 Å². The topological polar surface area (TPSA) is 79.0 Å². The number of piperidine rings is 1. The molecule has 2 aromatic carbocycles. The predicted octanol–water partition coefficient (Wildman–Crippen LogP) is 5.40. The van der Waals surface area contributed by atoms with Gasteiger partial charge in [0.1, 0.15) is 5.84 Å². The van der Waals surface area contributed by atoms with Gasteiger partial charge in [-0.25, -0.2) is 4.99 Å². The molecule has 0 unspecified atom stereocenters. The van der Waals surface area contributed by atoms with Crippen molar-refractivity contribution in [2.75, 3.05) is 26.2 Å². The molecule has 6 heteroatoms. The van der Waals surface area contributed by atoms with Gasteiger partial charge in [-0.3, -0.25) is 9.59 Å². The zero-order valence-corrected chi connectivity index (χ0v) is 20.9. The van der Waals surface area contributed by atoms with Gasteiger partial charge < -0.3 is 15.5 Å². The number of amidine groups is 1. The normalized spacial score (nSPS) is 15.5. The molecule has 2 aromatic rings. The lowest BCUT2D eigenvalue weighted by Gasteiger charge is -2.26. The van der Waals surface area contributed by atoms with Gasteiger partial charge in [0.25, 0.3) is 5.91 Å². The van der Waals surface area contributed by atoms with Gasteiger partial charge in [0, 0.05) is 49.3 Å². The Kier molecular flexibility index (Phi) is 8.01. The van der Waals surface area contributed by atoms with Gasteiger partial charge in [0.05, 0.1) is 5.69 Å². The molecule has 2 aliphatic heterocycles. The van der Waals surface area contributed by atoms with Crippen molar-refractivity contribution in [1.29, 1.82) is 0 Å². The maximum absolute atomic E-state index is 13.2. The molecule has 0 bridgehead atoms. The summed E-state index contributed by atoms with van der Waals surface area (Å²) in [5.74, 6) is 0.590. The van der Waals surface area contributed by atoms with Gasteiger partial charge in [-0.15, -0.1) is 0 Å². The minimum atomic E-state index is 0.0396. The van der Waals surface area contributed by atoms with Crippen LogP contribution >= 0.6 is 0 Å². The summed E-state index contributed by atoms with van der Waals surface area (Å²) >= 11 is 0. The van der Waals surface area contributed by atoms with Crippen LogP contribution in [0.1, 0.15) is 68.3 Å². The molecule has 0 aliphatic carbocycles. The second-order valence-corrected chi connectivity index (χ2v) is 9.45. The van der Waals surface area contributed by atoms with Crippen LogP contribution in [0.15, 0.2) is 53.0 Å². The highest BCUT2D eigenvalue weighted by Gasteiger charge is 2.21. The molecular weight excluding hydrogens is 436 g/mol. The minimum Gasteiger partial charge on any atom is -0.387 e. The second-order valence-electron chi connectivity index (χ2n) is 9.45. The number of likely N-dealkylation sites (tertiary alicyclic amines) is 1. The highest BCUT2D eigenvalue weighted by Crippen LogP contribution is 2.32. The smallest absolute Gasteiger partial charge is 0.253 e. The van der Waals surface area contributed by atoms with Crippen LogP contribution in [0.2, 0.25) is 0 Å². The van der Waals surface area contributed by atoms with Crippen molar-refractivity contribution in [1.82, 2.24) is 9.80 Å². The summed E-state index contributed by atoms with van der Waals surface area (Å²) in [5, 5.41) is 0. The molecular formula is C29H36N4O2. The molecule has 0 atom stereocenters. The molecule has 1 saturated heterocycles. The van der Waals surface area contributed by atoms with E-state index in [9.17, 15) is 9.59 Å². The molecule has 1 fully saturated rings. The van der Waals surface area contributed by atoms with Crippen LogP contribution in [0.3, 0.4) is 0 Å². The van der Waals surface area contributed by atoms with E-state index >= 15 is 0 Å². The molecule has 0 radical (unpaired) electrons. The molecule has 0 saturated carbocycles. The Labute approximate surface area is 208 Å².